The maximum absolute atomic E-state index is 11.9. The molecule has 1 aliphatic heterocycles. The lowest BCUT2D eigenvalue weighted by molar-refractivity contribution is -0.131. The Balaban J connectivity index is 2.85. The molecule has 1 unspecified atom stereocenters. The molecule has 1 aliphatic rings. The van der Waals surface area contributed by atoms with Crippen molar-refractivity contribution in [2.75, 3.05) is 13.7 Å². The maximum atomic E-state index is 11.9. The van der Waals surface area contributed by atoms with Crippen LogP contribution in [0.4, 0.5) is 0 Å². The van der Waals surface area contributed by atoms with Crippen LogP contribution in [0.3, 0.4) is 0 Å². The van der Waals surface area contributed by atoms with E-state index >= 15 is 0 Å². The number of rotatable bonds is 5. The zero-order chi connectivity index (χ0) is 13.1. The second-order valence-electron chi connectivity index (χ2n) is 4.02. The average Bonchev–Trinajstić information content (AvgIpc) is 2.58. The van der Waals surface area contributed by atoms with Crippen LogP contribution in [0, 0.1) is 0 Å². The van der Waals surface area contributed by atoms with Crippen LogP contribution in [0.25, 0.3) is 0 Å². The van der Waals surface area contributed by atoms with E-state index in [1.807, 2.05) is 18.9 Å². The molecule has 6 nitrogen and oxygen atoms in total. The molecule has 0 N–H and O–H groups in total. The fourth-order valence-electron chi connectivity index (χ4n) is 1.68. The fourth-order valence-corrected chi connectivity index (χ4v) is 3.11. The molecule has 0 aromatic heterocycles. The second-order valence-corrected chi connectivity index (χ2v) is 5.72. The number of carbonyl (C=O) groups is 1. The summed E-state index contributed by atoms with van der Waals surface area (Å²) < 4.78 is 28.2. The van der Waals surface area contributed by atoms with E-state index < -0.39 is 21.5 Å². The number of hydrogen-bond acceptors (Lipinski definition) is 6. The minimum atomic E-state index is -3.89. The number of hydrogen-bond donors (Lipinski definition) is 0. The average molecular weight is 262 g/mol. The summed E-state index contributed by atoms with van der Waals surface area (Å²) in [4.78, 5) is 14.3. The first-order chi connectivity index (χ1) is 7.86. The smallest absolute Gasteiger partial charge is 0.333 e. The van der Waals surface area contributed by atoms with Gasteiger partial charge in [-0.15, -0.1) is 0 Å². The predicted octanol–water partition coefficient (Wildman–Crippen LogP) is 0.682. The van der Waals surface area contributed by atoms with Crippen molar-refractivity contribution in [1.82, 2.24) is 9.80 Å². The van der Waals surface area contributed by atoms with Crippen molar-refractivity contribution in [3.05, 3.63) is 12.4 Å². The van der Waals surface area contributed by atoms with E-state index in [-0.39, 0.29) is 0 Å². The molecule has 0 bridgehead atoms. The molecule has 1 rings (SSSR count). The summed E-state index contributed by atoms with van der Waals surface area (Å²) >= 11 is 0. The maximum Gasteiger partial charge on any atom is 0.333 e. The van der Waals surface area contributed by atoms with Gasteiger partial charge in [0.05, 0.1) is 6.67 Å². The van der Waals surface area contributed by atoms with Crippen LogP contribution in [0.2, 0.25) is 0 Å². The van der Waals surface area contributed by atoms with Gasteiger partial charge in [-0.3, -0.25) is 4.79 Å². The molecule has 98 valence electrons. The van der Waals surface area contributed by atoms with Gasteiger partial charge in [-0.2, -0.15) is 8.42 Å². The second kappa shape index (κ2) is 5.39. The van der Waals surface area contributed by atoms with E-state index in [2.05, 4.69) is 4.18 Å². The van der Waals surface area contributed by atoms with Gasteiger partial charge in [-0.1, -0.05) is 13.3 Å². The van der Waals surface area contributed by atoms with Gasteiger partial charge in [0.25, 0.3) is 0 Å². The molecule has 0 fully saturated rings. The zero-order valence-corrected chi connectivity index (χ0v) is 11.1. The summed E-state index contributed by atoms with van der Waals surface area (Å²) in [6, 6.07) is 0. The number of nitrogens with zero attached hydrogens (tertiary/aromatic N) is 2. The minimum Gasteiger partial charge on any atom is -0.362 e. The van der Waals surface area contributed by atoms with E-state index in [1.54, 1.807) is 17.3 Å². The molecule has 0 radical (unpaired) electrons. The molecule has 7 heteroatoms. The highest BCUT2D eigenvalue weighted by Crippen LogP contribution is 2.20. The SMILES string of the molecule is CCCC(N1C=CN(C)C1)S(=O)(=O)OC(C)=O. The van der Waals surface area contributed by atoms with Crippen LogP contribution in [0.1, 0.15) is 26.7 Å². The Kier molecular flexibility index (Phi) is 4.39. The van der Waals surface area contributed by atoms with Crippen LogP contribution in [-0.2, 0) is 19.1 Å². The first-order valence-corrected chi connectivity index (χ1v) is 6.92. The van der Waals surface area contributed by atoms with Crippen molar-refractivity contribution in [1.29, 1.82) is 0 Å². The standard InChI is InChI=1S/C10H18N2O4S/c1-4-5-10(12-7-6-11(3)8-12)17(14,15)16-9(2)13/h6-7,10H,4-5,8H2,1-3H3. The van der Waals surface area contributed by atoms with Gasteiger partial charge in [-0.25, -0.2) is 0 Å². The summed E-state index contributed by atoms with van der Waals surface area (Å²) in [5, 5.41) is -0.808. The molecule has 0 saturated carbocycles. The Hall–Kier alpha value is -1.24. The van der Waals surface area contributed by atoms with Crippen LogP contribution in [0.5, 0.6) is 0 Å². The third kappa shape index (κ3) is 3.62. The Labute approximate surface area is 102 Å². The molecular weight excluding hydrogens is 244 g/mol. The van der Waals surface area contributed by atoms with Gasteiger partial charge in [-0.05, 0) is 6.42 Å². The van der Waals surface area contributed by atoms with E-state index in [4.69, 9.17) is 0 Å². The zero-order valence-electron chi connectivity index (χ0n) is 10.3. The first-order valence-electron chi connectivity index (χ1n) is 5.45. The van der Waals surface area contributed by atoms with Gasteiger partial charge >= 0.3 is 16.1 Å². The predicted molar refractivity (Wildman–Crippen MR) is 63.0 cm³/mol. The van der Waals surface area contributed by atoms with Crippen LogP contribution in [-0.4, -0.2) is 43.3 Å². The van der Waals surface area contributed by atoms with Crippen LogP contribution < -0.4 is 0 Å². The molecule has 1 heterocycles. The monoisotopic (exact) mass is 262 g/mol. The lowest BCUT2D eigenvalue weighted by Crippen LogP contribution is -2.40. The van der Waals surface area contributed by atoms with Gasteiger partial charge < -0.3 is 14.0 Å². The molecule has 0 aromatic rings. The van der Waals surface area contributed by atoms with Gasteiger partial charge in [0.15, 0.2) is 5.37 Å². The molecule has 1 atom stereocenters. The van der Waals surface area contributed by atoms with Crippen molar-refractivity contribution >= 4 is 16.1 Å². The minimum absolute atomic E-state index is 0.424. The lowest BCUT2D eigenvalue weighted by atomic mass is 10.3. The Morgan fingerprint density at radius 1 is 1.47 bits per heavy atom. The Bertz CT molecular complexity index is 405. The van der Waals surface area contributed by atoms with E-state index in [0.717, 1.165) is 6.92 Å². The normalized spacial score (nSPS) is 17.4. The van der Waals surface area contributed by atoms with Crippen molar-refractivity contribution in [2.45, 2.75) is 32.1 Å². The molecule has 0 amide bonds. The molecule has 17 heavy (non-hydrogen) atoms. The highest BCUT2D eigenvalue weighted by atomic mass is 32.2. The largest absolute Gasteiger partial charge is 0.362 e. The van der Waals surface area contributed by atoms with Crippen molar-refractivity contribution in [2.24, 2.45) is 0 Å². The van der Waals surface area contributed by atoms with Gasteiger partial charge in [0.1, 0.15) is 0 Å². The summed E-state index contributed by atoms with van der Waals surface area (Å²) in [7, 11) is -2.05. The highest BCUT2D eigenvalue weighted by molar-refractivity contribution is 7.87. The highest BCUT2D eigenvalue weighted by Gasteiger charge is 2.33. The van der Waals surface area contributed by atoms with Crippen molar-refractivity contribution in [3.8, 4) is 0 Å². The molecule has 0 aromatic carbocycles. The number of carbonyl (C=O) groups excluding carboxylic acids is 1. The fraction of sp³-hybridized carbons (Fsp3) is 0.700. The lowest BCUT2D eigenvalue weighted by Gasteiger charge is -2.27. The summed E-state index contributed by atoms with van der Waals surface area (Å²) in [5.74, 6) is -0.803. The third-order valence-electron chi connectivity index (χ3n) is 2.37. The first kappa shape index (κ1) is 13.8. The molecular formula is C10H18N2O4S. The summed E-state index contributed by atoms with van der Waals surface area (Å²) in [6.07, 6.45) is 4.60. The van der Waals surface area contributed by atoms with Crippen molar-refractivity contribution < 1.29 is 17.4 Å². The molecule has 0 spiro atoms. The topological polar surface area (TPSA) is 66.9 Å². The van der Waals surface area contributed by atoms with Crippen LogP contribution in [0.15, 0.2) is 12.4 Å². The van der Waals surface area contributed by atoms with Gasteiger partial charge in [0, 0.05) is 26.4 Å². The quantitative estimate of drug-likeness (QED) is 0.679. The molecule has 0 saturated heterocycles. The molecule has 0 aliphatic carbocycles. The van der Waals surface area contributed by atoms with Crippen molar-refractivity contribution in [3.63, 3.8) is 0 Å². The summed E-state index contributed by atoms with van der Waals surface area (Å²) in [6.45, 7) is 3.46. The van der Waals surface area contributed by atoms with E-state index in [0.29, 0.717) is 19.5 Å². The van der Waals surface area contributed by atoms with Crippen LogP contribution >= 0.6 is 0 Å². The Morgan fingerprint density at radius 2 is 2.12 bits per heavy atom. The van der Waals surface area contributed by atoms with E-state index in [1.165, 1.54) is 0 Å². The summed E-state index contributed by atoms with van der Waals surface area (Å²) in [5.41, 5.74) is 0. The van der Waals surface area contributed by atoms with E-state index in [9.17, 15) is 13.2 Å². The third-order valence-corrected chi connectivity index (χ3v) is 4.01. The van der Waals surface area contributed by atoms with Gasteiger partial charge in [0.2, 0.25) is 0 Å². The Morgan fingerprint density at radius 3 is 2.53 bits per heavy atom.